The Bertz CT molecular complexity index is 3470. The molecule has 0 bridgehead atoms. The molecular weight excluding hydrogens is 797 g/mol. The van der Waals surface area contributed by atoms with Crippen molar-refractivity contribution in [2.75, 3.05) is 9.80 Å². The minimum absolute atomic E-state index is 0.154. The summed E-state index contributed by atoms with van der Waals surface area (Å²) >= 11 is 0. The summed E-state index contributed by atoms with van der Waals surface area (Å²) in [4.78, 5) is 4.79. The number of rotatable bonds is 7. The van der Waals surface area contributed by atoms with Gasteiger partial charge in [-0.1, -0.05) is 179 Å². The molecule has 0 spiro atoms. The number of hydrogen-bond acceptors (Lipinski definition) is 2. The van der Waals surface area contributed by atoms with Gasteiger partial charge in [0.1, 0.15) is 0 Å². The van der Waals surface area contributed by atoms with Crippen LogP contribution in [0.2, 0.25) is 0 Å². The maximum absolute atomic E-state index is 2.50. The molecule has 316 valence electrons. The van der Waals surface area contributed by atoms with E-state index in [2.05, 4.69) is 268 Å². The molecule has 2 aliphatic rings. The van der Waals surface area contributed by atoms with Crippen molar-refractivity contribution in [3.63, 3.8) is 0 Å². The largest absolute Gasteiger partial charge is 0.310 e. The molecule has 0 fully saturated rings. The second-order valence-electron chi connectivity index (χ2n) is 19.0. The van der Waals surface area contributed by atoms with Gasteiger partial charge in [-0.25, -0.2) is 0 Å². The summed E-state index contributed by atoms with van der Waals surface area (Å²) in [6.45, 7) is 9.56. The van der Waals surface area contributed by atoms with Crippen molar-refractivity contribution in [3.05, 3.63) is 252 Å². The zero-order valence-electron chi connectivity index (χ0n) is 37.8. The van der Waals surface area contributed by atoms with Gasteiger partial charge in [-0.05, 0) is 156 Å². The van der Waals surface area contributed by atoms with Gasteiger partial charge in [0.05, 0.1) is 11.4 Å². The molecule has 2 nitrogen and oxygen atoms in total. The van der Waals surface area contributed by atoms with E-state index in [9.17, 15) is 0 Å². The normalized spacial score (nSPS) is 14.2. The van der Waals surface area contributed by atoms with Crippen LogP contribution in [0, 0.1) is 0 Å². The number of nitrogens with zero attached hydrogens (tertiary/aromatic N) is 2. The van der Waals surface area contributed by atoms with Crippen molar-refractivity contribution in [3.8, 4) is 22.3 Å². The summed E-state index contributed by atoms with van der Waals surface area (Å²) < 4.78 is 0. The second-order valence-corrected chi connectivity index (χ2v) is 19.0. The third-order valence-electron chi connectivity index (χ3n) is 14.4. The van der Waals surface area contributed by atoms with Gasteiger partial charge < -0.3 is 9.80 Å². The second kappa shape index (κ2) is 15.4. The Morgan fingerprint density at radius 2 is 0.924 bits per heavy atom. The Kier molecular flexibility index (Phi) is 9.22. The van der Waals surface area contributed by atoms with E-state index in [0.717, 1.165) is 17.1 Å². The predicted octanol–water partition coefficient (Wildman–Crippen LogP) is 17.7. The van der Waals surface area contributed by atoms with Crippen LogP contribution in [0.3, 0.4) is 0 Å². The van der Waals surface area contributed by atoms with E-state index in [1.54, 1.807) is 0 Å². The van der Waals surface area contributed by atoms with Crippen LogP contribution in [-0.2, 0) is 10.8 Å². The van der Waals surface area contributed by atoms with Crippen molar-refractivity contribution in [1.82, 2.24) is 0 Å². The van der Waals surface area contributed by atoms with Crippen molar-refractivity contribution in [1.29, 1.82) is 0 Å². The fourth-order valence-electron chi connectivity index (χ4n) is 10.9. The highest BCUT2D eigenvalue weighted by molar-refractivity contribution is 6.09. The van der Waals surface area contributed by atoms with Gasteiger partial charge in [-0.2, -0.15) is 0 Å². The molecule has 10 aromatic rings. The highest BCUT2D eigenvalue weighted by Gasteiger charge is 2.42. The third-order valence-corrected chi connectivity index (χ3v) is 14.4. The Hall–Kier alpha value is -7.94. The molecule has 1 aliphatic carbocycles. The third kappa shape index (κ3) is 6.47. The highest BCUT2D eigenvalue weighted by Crippen LogP contribution is 2.57. The lowest BCUT2D eigenvalue weighted by molar-refractivity contribution is 0.627. The van der Waals surface area contributed by atoms with Crippen LogP contribution in [-0.4, -0.2) is 0 Å². The topological polar surface area (TPSA) is 6.48 Å². The van der Waals surface area contributed by atoms with Gasteiger partial charge in [0.25, 0.3) is 0 Å². The molecular formula is C64H50N2. The molecule has 0 saturated carbocycles. The quantitative estimate of drug-likeness (QED) is 0.116. The molecule has 0 N–H and O–H groups in total. The van der Waals surface area contributed by atoms with E-state index in [0.29, 0.717) is 0 Å². The van der Waals surface area contributed by atoms with Crippen molar-refractivity contribution in [2.24, 2.45) is 0 Å². The SMILES string of the molecule is CC1(C)c2cc(-c3ccc(/C=C/c4ccc5c(ccc6cc(N(c7ccccc7)c7ccccc7)ccc65)c4)cc3)ccc2-c2cc3c(cc21)N(c1ccccc1)c1ccccc1C3(C)C. The van der Waals surface area contributed by atoms with Crippen LogP contribution in [0.15, 0.2) is 218 Å². The standard InChI is InChI=1S/C64H50N2/c1-63(2)57-22-14-15-23-61(57)66(51-20-12-7-13-21-51)62-42-59-56(41-60(62)63)55-36-33-46(40-58(55)64(59,3)4)45-29-26-43(27-30-45)24-25-44-28-35-53-47(38-44)31-32-48-39-52(34-37-54(48)53)65(49-16-8-5-9-17-49)50-18-10-6-11-19-50/h5-42H,1-4H3/b25-24+. The minimum atomic E-state index is -0.164. The lowest BCUT2D eigenvalue weighted by Crippen LogP contribution is -2.31. The Morgan fingerprint density at radius 1 is 0.364 bits per heavy atom. The van der Waals surface area contributed by atoms with E-state index in [4.69, 9.17) is 0 Å². The average Bonchev–Trinajstić information content (AvgIpc) is 3.58. The Labute approximate surface area is 388 Å². The summed E-state index contributed by atoms with van der Waals surface area (Å²) in [6, 6.07) is 80.2. The van der Waals surface area contributed by atoms with Crippen LogP contribution >= 0.6 is 0 Å². The lowest BCUT2D eigenvalue weighted by Gasteiger charge is -2.42. The monoisotopic (exact) mass is 846 g/mol. The summed E-state index contributed by atoms with van der Waals surface area (Å²) in [6.07, 6.45) is 4.45. The summed E-state index contributed by atoms with van der Waals surface area (Å²) in [5.41, 5.74) is 19.8. The molecule has 10 aromatic carbocycles. The van der Waals surface area contributed by atoms with Crippen molar-refractivity contribution < 1.29 is 0 Å². The zero-order valence-corrected chi connectivity index (χ0v) is 37.8. The molecule has 12 rings (SSSR count). The average molecular weight is 847 g/mol. The first-order chi connectivity index (χ1) is 32.2. The predicted molar refractivity (Wildman–Crippen MR) is 281 cm³/mol. The minimum Gasteiger partial charge on any atom is -0.310 e. The van der Waals surface area contributed by atoms with E-state index in [1.807, 2.05) is 0 Å². The molecule has 0 aromatic heterocycles. The number of para-hydroxylation sites is 4. The molecule has 66 heavy (non-hydrogen) atoms. The van der Waals surface area contributed by atoms with E-state index in [-0.39, 0.29) is 10.8 Å². The van der Waals surface area contributed by atoms with E-state index < -0.39 is 0 Å². The highest BCUT2D eigenvalue weighted by atomic mass is 15.2. The van der Waals surface area contributed by atoms with Crippen LogP contribution in [0.1, 0.15) is 61.1 Å². The van der Waals surface area contributed by atoms with Gasteiger partial charge in [0.2, 0.25) is 0 Å². The molecule has 0 radical (unpaired) electrons. The zero-order chi connectivity index (χ0) is 44.6. The molecule has 0 amide bonds. The van der Waals surface area contributed by atoms with Crippen molar-refractivity contribution in [2.45, 2.75) is 38.5 Å². The fourth-order valence-corrected chi connectivity index (χ4v) is 10.9. The van der Waals surface area contributed by atoms with Crippen LogP contribution < -0.4 is 9.80 Å². The fraction of sp³-hybridized carbons (Fsp3) is 0.0938. The van der Waals surface area contributed by atoms with Crippen LogP contribution in [0.25, 0.3) is 56.0 Å². The van der Waals surface area contributed by atoms with Gasteiger partial charge in [0.15, 0.2) is 0 Å². The maximum atomic E-state index is 2.50. The van der Waals surface area contributed by atoms with Crippen LogP contribution in [0.4, 0.5) is 34.1 Å². The molecule has 1 aliphatic heterocycles. The molecule has 2 heteroatoms. The number of benzene rings is 10. The van der Waals surface area contributed by atoms with Gasteiger partial charge in [0, 0.05) is 33.6 Å². The van der Waals surface area contributed by atoms with Crippen LogP contribution in [0.5, 0.6) is 0 Å². The van der Waals surface area contributed by atoms with Gasteiger partial charge in [-0.3, -0.25) is 0 Å². The molecule has 0 atom stereocenters. The van der Waals surface area contributed by atoms with Crippen molar-refractivity contribution >= 4 is 67.8 Å². The summed E-state index contributed by atoms with van der Waals surface area (Å²) in [5.74, 6) is 0. The molecule has 0 saturated heterocycles. The number of anilines is 6. The Balaban J connectivity index is 0.812. The van der Waals surface area contributed by atoms with E-state index >= 15 is 0 Å². The lowest BCUT2D eigenvalue weighted by atomic mass is 9.72. The summed E-state index contributed by atoms with van der Waals surface area (Å²) in [7, 11) is 0. The first-order valence-electron chi connectivity index (χ1n) is 23.2. The van der Waals surface area contributed by atoms with E-state index in [1.165, 1.54) is 94.2 Å². The molecule has 0 unspecified atom stereocenters. The smallest absolute Gasteiger partial charge is 0.0506 e. The summed E-state index contributed by atoms with van der Waals surface area (Å²) in [5, 5.41) is 4.97. The van der Waals surface area contributed by atoms with Gasteiger partial charge >= 0.3 is 0 Å². The Morgan fingerprint density at radius 3 is 1.64 bits per heavy atom. The first kappa shape index (κ1) is 39.6. The number of fused-ring (bicyclic) bond motifs is 8. The maximum Gasteiger partial charge on any atom is 0.0506 e. The van der Waals surface area contributed by atoms with Gasteiger partial charge in [-0.15, -0.1) is 0 Å². The molecule has 1 heterocycles. The number of hydrogen-bond donors (Lipinski definition) is 0. The first-order valence-corrected chi connectivity index (χ1v) is 23.2.